The summed E-state index contributed by atoms with van der Waals surface area (Å²) in [6.45, 7) is 5.06. The molecular formula is C23H36IN3O3. The molecule has 0 radical (unpaired) electrons. The zero-order valence-corrected chi connectivity index (χ0v) is 20.3. The van der Waals surface area contributed by atoms with Gasteiger partial charge in [-0.3, -0.25) is 4.99 Å². The molecule has 3 N–H and O–H groups in total. The largest absolute Gasteiger partial charge is 0.487 e. The minimum absolute atomic E-state index is 0. The molecule has 1 aromatic carbocycles. The van der Waals surface area contributed by atoms with Crippen molar-refractivity contribution >= 4 is 29.9 Å². The lowest BCUT2D eigenvalue weighted by Gasteiger charge is -2.40. The number of aliphatic hydroxyl groups excluding tert-OH is 1. The molecule has 1 saturated heterocycles. The van der Waals surface area contributed by atoms with Crippen molar-refractivity contribution in [1.82, 2.24) is 10.6 Å². The molecule has 3 aliphatic rings. The molecule has 0 amide bonds. The standard InChI is InChI=1S/C23H35N3O3.HI/c1-2-24-21(25-16-22(17-27)11-13-28-14-12-22)26-19-15-23(9-5-6-10-23)29-20-8-4-3-7-18(19)20;/h3-4,7-8,19,27H,2,5-6,9-17H2,1H3,(H2,24,25,26);1H. The van der Waals surface area contributed by atoms with Gasteiger partial charge in [0, 0.05) is 37.2 Å². The average molecular weight is 529 g/mol. The molecule has 1 unspecified atom stereocenters. The number of nitrogens with one attached hydrogen (secondary N) is 2. The fraction of sp³-hybridized carbons (Fsp3) is 0.696. The van der Waals surface area contributed by atoms with Gasteiger partial charge in [0.15, 0.2) is 5.96 Å². The Morgan fingerprint density at radius 2 is 1.90 bits per heavy atom. The molecule has 1 saturated carbocycles. The van der Waals surface area contributed by atoms with Crippen LogP contribution in [0.15, 0.2) is 29.3 Å². The van der Waals surface area contributed by atoms with Gasteiger partial charge in [0.1, 0.15) is 11.4 Å². The van der Waals surface area contributed by atoms with E-state index in [0.717, 1.165) is 50.4 Å². The van der Waals surface area contributed by atoms with Gasteiger partial charge in [0.25, 0.3) is 0 Å². The van der Waals surface area contributed by atoms with Crippen LogP contribution >= 0.6 is 24.0 Å². The van der Waals surface area contributed by atoms with Crippen LogP contribution in [0.5, 0.6) is 5.75 Å². The normalized spacial score (nSPS) is 24.5. The van der Waals surface area contributed by atoms with Crippen LogP contribution in [0, 0.1) is 5.41 Å². The van der Waals surface area contributed by atoms with Crippen molar-refractivity contribution in [1.29, 1.82) is 0 Å². The SMILES string of the molecule is CCNC(=NCC1(CO)CCOCC1)NC1CC2(CCCC2)Oc2ccccc21.I. The van der Waals surface area contributed by atoms with Crippen LogP contribution in [0.25, 0.3) is 0 Å². The Kier molecular flexibility index (Phi) is 8.26. The highest BCUT2D eigenvalue weighted by Gasteiger charge is 2.43. The topological polar surface area (TPSA) is 75.1 Å². The summed E-state index contributed by atoms with van der Waals surface area (Å²) in [5.41, 5.74) is 0.996. The Balaban J connectivity index is 0.00000256. The highest BCUT2D eigenvalue weighted by Crippen LogP contribution is 2.47. The molecule has 4 rings (SSSR count). The van der Waals surface area contributed by atoms with Crippen LogP contribution in [-0.4, -0.2) is 49.6 Å². The van der Waals surface area contributed by atoms with E-state index in [1.54, 1.807) is 0 Å². The van der Waals surface area contributed by atoms with Crippen LogP contribution in [-0.2, 0) is 4.74 Å². The molecule has 7 heteroatoms. The number of fused-ring (bicyclic) bond motifs is 1. The van der Waals surface area contributed by atoms with Gasteiger partial charge in [-0.2, -0.15) is 0 Å². The summed E-state index contributed by atoms with van der Waals surface area (Å²) < 4.78 is 12.0. The monoisotopic (exact) mass is 529 g/mol. The van der Waals surface area contributed by atoms with Crippen molar-refractivity contribution in [3.05, 3.63) is 29.8 Å². The predicted octanol–water partition coefficient (Wildman–Crippen LogP) is 3.79. The van der Waals surface area contributed by atoms with E-state index in [-0.39, 0.29) is 47.6 Å². The van der Waals surface area contributed by atoms with Gasteiger partial charge in [0.05, 0.1) is 19.2 Å². The molecule has 2 aliphatic heterocycles. The Bertz CT molecular complexity index is 715. The lowest BCUT2D eigenvalue weighted by Crippen LogP contribution is -2.47. The zero-order valence-electron chi connectivity index (χ0n) is 18.0. The Morgan fingerprint density at radius 1 is 1.17 bits per heavy atom. The number of guanidine groups is 1. The van der Waals surface area contributed by atoms with Crippen LogP contribution in [0.4, 0.5) is 0 Å². The first-order valence-electron chi connectivity index (χ1n) is 11.2. The van der Waals surface area contributed by atoms with E-state index in [2.05, 4.69) is 41.8 Å². The molecular weight excluding hydrogens is 493 g/mol. The predicted molar refractivity (Wildman–Crippen MR) is 130 cm³/mol. The summed E-state index contributed by atoms with van der Waals surface area (Å²) in [7, 11) is 0. The summed E-state index contributed by atoms with van der Waals surface area (Å²) in [6.07, 6.45) is 7.41. The fourth-order valence-electron chi connectivity index (χ4n) is 4.98. The molecule has 1 atom stereocenters. The smallest absolute Gasteiger partial charge is 0.191 e. The molecule has 168 valence electrons. The van der Waals surface area contributed by atoms with Gasteiger partial charge < -0.3 is 25.2 Å². The first-order valence-corrected chi connectivity index (χ1v) is 11.2. The number of aliphatic imine (C=N–C) groups is 1. The second-order valence-corrected chi connectivity index (χ2v) is 8.90. The Labute approximate surface area is 197 Å². The van der Waals surface area contributed by atoms with Crippen LogP contribution < -0.4 is 15.4 Å². The minimum Gasteiger partial charge on any atom is -0.487 e. The van der Waals surface area contributed by atoms with Gasteiger partial charge in [0.2, 0.25) is 0 Å². The summed E-state index contributed by atoms with van der Waals surface area (Å²) in [5.74, 6) is 1.83. The van der Waals surface area contributed by atoms with Gasteiger partial charge in [-0.1, -0.05) is 18.2 Å². The van der Waals surface area contributed by atoms with E-state index in [4.69, 9.17) is 14.5 Å². The molecule has 0 aromatic heterocycles. The van der Waals surface area contributed by atoms with Gasteiger partial charge in [-0.25, -0.2) is 0 Å². The first-order chi connectivity index (χ1) is 14.2. The maximum atomic E-state index is 9.99. The number of rotatable bonds is 5. The minimum atomic E-state index is -0.166. The lowest BCUT2D eigenvalue weighted by molar-refractivity contribution is -0.0106. The lowest BCUT2D eigenvalue weighted by atomic mass is 9.81. The van der Waals surface area contributed by atoms with E-state index in [1.807, 2.05) is 0 Å². The van der Waals surface area contributed by atoms with Crippen molar-refractivity contribution in [3.63, 3.8) is 0 Å². The number of ether oxygens (including phenoxy) is 2. The van der Waals surface area contributed by atoms with E-state index in [1.165, 1.54) is 18.4 Å². The Hall–Kier alpha value is -1.06. The van der Waals surface area contributed by atoms with Crippen molar-refractivity contribution in [2.24, 2.45) is 10.4 Å². The molecule has 2 fully saturated rings. The summed E-state index contributed by atoms with van der Waals surface area (Å²) in [4.78, 5) is 4.90. The third-order valence-corrected chi connectivity index (χ3v) is 6.83. The third kappa shape index (κ3) is 5.22. The fourth-order valence-corrected chi connectivity index (χ4v) is 4.98. The van der Waals surface area contributed by atoms with E-state index in [9.17, 15) is 5.11 Å². The van der Waals surface area contributed by atoms with Gasteiger partial charge >= 0.3 is 0 Å². The van der Waals surface area contributed by atoms with Gasteiger partial charge in [-0.15, -0.1) is 24.0 Å². The van der Waals surface area contributed by atoms with Crippen LogP contribution in [0.2, 0.25) is 0 Å². The molecule has 2 heterocycles. The third-order valence-electron chi connectivity index (χ3n) is 6.83. The number of aliphatic hydroxyl groups is 1. The Morgan fingerprint density at radius 3 is 2.60 bits per heavy atom. The van der Waals surface area contributed by atoms with Gasteiger partial charge in [-0.05, 0) is 51.5 Å². The number of nitrogens with zero attached hydrogens (tertiary/aromatic N) is 1. The number of hydrogen-bond acceptors (Lipinski definition) is 4. The quantitative estimate of drug-likeness (QED) is 0.308. The highest BCUT2D eigenvalue weighted by atomic mass is 127. The summed E-state index contributed by atoms with van der Waals surface area (Å²) in [5, 5.41) is 17.1. The number of halogens is 1. The molecule has 30 heavy (non-hydrogen) atoms. The molecule has 6 nitrogen and oxygen atoms in total. The molecule has 1 aliphatic carbocycles. The highest BCUT2D eigenvalue weighted by molar-refractivity contribution is 14.0. The summed E-state index contributed by atoms with van der Waals surface area (Å²) in [6, 6.07) is 8.56. The van der Waals surface area contributed by atoms with Crippen LogP contribution in [0.3, 0.4) is 0 Å². The van der Waals surface area contributed by atoms with Crippen molar-refractivity contribution in [3.8, 4) is 5.75 Å². The van der Waals surface area contributed by atoms with Crippen molar-refractivity contribution in [2.75, 3.05) is 32.9 Å². The van der Waals surface area contributed by atoms with Crippen molar-refractivity contribution in [2.45, 2.75) is 63.5 Å². The zero-order chi connectivity index (χ0) is 20.2. The number of para-hydroxylation sites is 1. The van der Waals surface area contributed by atoms with E-state index >= 15 is 0 Å². The maximum absolute atomic E-state index is 9.99. The molecule has 0 bridgehead atoms. The van der Waals surface area contributed by atoms with Crippen molar-refractivity contribution < 1.29 is 14.6 Å². The maximum Gasteiger partial charge on any atom is 0.191 e. The number of benzene rings is 1. The number of hydrogen-bond donors (Lipinski definition) is 3. The van der Waals surface area contributed by atoms with Crippen LogP contribution in [0.1, 0.15) is 63.5 Å². The van der Waals surface area contributed by atoms with E-state index in [0.29, 0.717) is 19.8 Å². The molecule has 1 aromatic rings. The first kappa shape index (κ1) is 23.6. The average Bonchev–Trinajstić information content (AvgIpc) is 3.20. The molecule has 1 spiro atoms. The van der Waals surface area contributed by atoms with E-state index < -0.39 is 0 Å². The second-order valence-electron chi connectivity index (χ2n) is 8.90. The second kappa shape index (κ2) is 10.5. The summed E-state index contributed by atoms with van der Waals surface area (Å²) >= 11 is 0.